The van der Waals surface area contributed by atoms with E-state index in [-0.39, 0.29) is 23.7 Å². The lowest BCUT2D eigenvalue weighted by molar-refractivity contribution is -0.0357. The van der Waals surface area contributed by atoms with Gasteiger partial charge in [0, 0.05) is 37.3 Å². The van der Waals surface area contributed by atoms with E-state index >= 15 is 0 Å². The van der Waals surface area contributed by atoms with Crippen molar-refractivity contribution in [1.29, 1.82) is 0 Å². The second-order valence-corrected chi connectivity index (χ2v) is 7.49. The fourth-order valence-electron chi connectivity index (χ4n) is 4.20. The molecule has 1 aromatic rings. The van der Waals surface area contributed by atoms with Gasteiger partial charge in [-0.2, -0.15) is 0 Å². The van der Waals surface area contributed by atoms with Crippen molar-refractivity contribution < 1.29 is 19.0 Å². The predicted octanol–water partition coefficient (Wildman–Crippen LogP) is 2.19. The molecule has 6 nitrogen and oxygen atoms in total. The van der Waals surface area contributed by atoms with Crippen LogP contribution in [0.5, 0.6) is 0 Å². The van der Waals surface area contributed by atoms with E-state index < -0.39 is 11.9 Å². The van der Waals surface area contributed by atoms with Crippen LogP contribution in [0.1, 0.15) is 43.8 Å². The highest BCUT2D eigenvalue weighted by molar-refractivity contribution is 5.74. The number of nitrogens with zero attached hydrogens (tertiary/aromatic N) is 1. The number of hydrogen-bond acceptors (Lipinski definition) is 4. The van der Waals surface area contributed by atoms with Gasteiger partial charge in [0.15, 0.2) is 0 Å². The minimum atomic E-state index is -1.07. The molecule has 1 unspecified atom stereocenters. The van der Waals surface area contributed by atoms with Gasteiger partial charge in [0.2, 0.25) is 0 Å². The number of carbonyl (C=O) groups excluding carboxylic acids is 1. The van der Waals surface area contributed by atoms with Crippen molar-refractivity contribution >= 4 is 6.03 Å². The van der Waals surface area contributed by atoms with Gasteiger partial charge in [-0.1, -0.05) is 37.5 Å². The molecule has 3 rings (SSSR count). The summed E-state index contributed by atoms with van der Waals surface area (Å²) in [6.07, 6.45) is 4.67. The average molecular weight is 379 g/mol. The molecule has 1 aromatic carbocycles. The van der Waals surface area contributed by atoms with Gasteiger partial charge in [0.25, 0.3) is 0 Å². The molecule has 0 aromatic heterocycles. The number of ether oxygens (including phenoxy) is 1. The Hall–Kier alpha value is -1.70. The standard InChI is InChI=1S/C20H30FN3O3/c21-17-7-3-2-6-16(17)18(25)14-22-19(26)23-15-20(8-4-1-5-9-20)24-10-12-27-13-11-24/h2-3,6-7,18,25H,1,4-5,8-15H2,(H2,22,23,26). The van der Waals surface area contributed by atoms with Crippen molar-refractivity contribution in [2.45, 2.75) is 43.7 Å². The number of halogens is 1. The van der Waals surface area contributed by atoms with Gasteiger partial charge in [-0.25, -0.2) is 9.18 Å². The quantitative estimate of drug-likeness (QED) is 0.708. The molecule has 0 radical (unpaired) electrons. The normalized spacial score (nSPS) is 21.4. The Kier molecular flexibility index (Phi) is 7.04. The Morgan fingerprint density at radius 3 is 2.59 bits per heavy atom. The molecule has 1 aliphatic carbocycles. The molecule has 3 N–H and O–H groups in total. The number of urea groups is 1. The van der Waals surface area contributed by atoms with Gasteiger partial charge < -0.3 is 20.5 Å². The number of aliphatic hydroxyl groups is 1. The topological polar surface area (TPSA) is 73.8 Å². The summed E-state index contributed by atoms with van der Waals surface area (Å²) in [5.41, 5.74) is 0.179. The molecular formula is C20H30FN3O3. The molecule has 2 fully saturated rings. The summed E-state index contributed by atoms with van der Waals surface area (Å²) in [7, 11) is 0. The zero-order chi connectivity index (χ0) is 19.1. The maximum atomic E-state index is 13.7. The molecule has 7 heteroatoms. The van der Waals surface area contributed by atoms with Crippen LogP contribution in [0, 0.1) is 5.82 Å². The molecule has 1 atom stereocenters. The highest BCUT2D eigenvalue weighted by atomic mass is 19.1. The lowest BCUT2D eigenvalue weighted by Crippen LogP contribution is -2.60. The summed E-state index contributed by atoms with van der Waals surface area (Å²) >= 11 is 0. The first-order valence-electron chi connectivity index (χ1n) is 9.88. The van der Waals surface area contributed by atoms with E-state index in [4.69, 9.17) is 4.74 Å². The Morgan fingerprint density at radius 1 is 1.19 bits per heavy atom. The molecular weight excluding hydrogens is 349 g/mol. The SMILES string of the molecule is O=C(NCC(O)c1ccccc1F)NCC1(N2CCOCC2)CCCCC1. The molecule has 2 aliphatic rings. The Labute approximate surface area is 160 Å². The van der Waals surface area contributed by atoms with Gasteiger partial charge >= 0.3 is 6.03 Å². The molecule has 2 amide bonds. The van der Waals surface area contributed by atoms with Crippen molar-refractivity contribution in [2.75, 3.05) is 39.4 Å². The van der Waals surface area contributed by atoms with Crippen LogP contribution in [0.4, 0.5) is 9.18 Å². The fourth-order valence-corrected chi connectivity index (χ4v) is 4.20. The number of benzene rings is 1. The van der Waals surface area contributed by atoms with E-state index in [1.807, 2.05) is 0 Å². The molecule has 1 saturated carbocycles. The highest BCUT2D eigenvalue weighted by Crippen LogP contribution is 2.33. The van der Waals surface area contributed by atoms with E-state index in [1.165, 1.54) is 31.4 Å². The summed E-state index contributed by atoms with van der Waals surface area (Å²) in [5.74, 6) is -0.472. The summed E-state index contributed by atoms with van der Waals surface area (Å²) in [6, 6.07) is 5.73. The van der Waals surface area contributed by atoms with E-state index in [2.05, 4.69) is 15.5 Å². The number of aliphatic hydroxyl groups excluding tert-OH is 1. The van der Waals surface area contributed by atoms with E-state index in [0.717, 1.165) is 39.1 Å². The van der Waals surface area contributed by atoms with Gasteiger partial charge in [-0.15, -0.1) is 0 Å². The number of carbonyl (C=O) groups is 1. The number of amides is 2. The number of rotatable bonds is 6. The van der Waals surface area contributed by atoms with E-state index in [9.17, 15) is 14.3 Å². The summed E-state index contributed by atoms with van der Waals surface area (Å²) in [6.45, 7) is 3.82. The van der Waals surface area contributed by atoms with Crippen LogP contribution < -0.4 is 10.6 Å². The van der Waals surface area contributed by atoms with Crippen LogP contribution in [0.2, 0.25) is 0 Å². The van der Waals surface area contributed by atoms with Crippen molar-refractivity contribution in [3.05, 3.63) is 35.6 Å². The first kappa shape index (κ1) is 20.0. The summed E-state index contributed by atoms with van der Waals surface area (Å²) in [5, 5.41) is 15.7. The second kappa shape index (κ2) is 9.48. The maximum absolute atomic E-state index is 13.7. The number of hydrogen-bond donors (Lipinski definition) is 3. The monoisotopic (exact) mass is 379 g/mol. The van der Waals surface area contributed by atoms with Crippen molar-refractivity contribution in [1.82, 2.24) is 15.5 Å². The summed E-state index contributed by atoms with van der Waals surface area (Å²) in [4.78, 5) is 14.7. The first-order valence-corrected chi connectivity index (χ1v) is 9.88. The molecule has 27 heavy (non-hydrogen) atoms. The van der Waals surface area contributed by atoms with E-state index in [1.54, 1.807) is 12.1 Å². The highest BCUT2D eigenvalue weighted by Gasteiger charge is 2.38. The van der Waals surface area contributed by atoms with E-state index in [0.29, 0.717) is 6.54 Å². The summed E-state index contributed by atoms with van der Waals surface area (Å²) < 4.78 is 19.2. The van der Waals surface area contributed by atoms with Gasteiger partial charge in [0.05, 0.1) is 19.3 Å². The third-order valence-corrected chi connectivity index (χ3v) is 5.76. The second-order valence-electron chi connectivity index (χ2n) is 7.49. The molecule has 0 bridgehead atoms. The minimum absolute atomic E-state index is 0.0104. The van der Waals surface area contributed by atoms with Gasteiger partial charge in [-0.05, 0) is 18.9 Å². The van der Waals surface area contributed by atoms with Crippen molar-refractivity contribution in [3.63, 3.8) is 0 Å². The average Bonchev–Trinajstić information content (AvgIpc) is 2.72. The molecule has 0 spiro atoms. The lowest BCUT2D eigenvalue weighted by atomic mass is 9.80. The van der Waals surface area contributed by atoms with Crippen LogP contribution in [-0.4, -0.2) is 61.0 Å². The Morgan fingerprint density at radius 2 is 1.89 bits per heavy atom. The van der Waals surface area contributed by atoms with Crippen LogP contribution in [-0.2, 0) is 4.74 Å². The van der Waals surface area contributed by atoms with Crippen LogP contribution >= 0.6 is 0 Å². The van der Waals surface area contributed by atoms with Crippen LogP contribution in [0.15, 0.2) is 24.3 Å². The molecule has 1 heterocycles. The van der Waals surface area contributed by atoms with Crippen molar-refractivity contribution in [3.8, 4) is 0 Å². The molecule has 1 aliphatic heterocycles. The van der Waals surface area contributed by atoms with Gasteiger partial charge in [-0.3, -0.25) is 4.90 Å². The minimum Gasteiger partial charge on any atom is -0.386 e. The Balaban J connectivity index is 1.51. The third-order valence-electron chi connectivity index (χ3n) is 5.76. The largest absolute Gasteiger partial charge is 0.386 e. The molecule has 1 saturated heterocycles. The smallest absolute Gasteiger partial charge is 0.314 e. The molecule has 150 valence electrons. The number of nitrogens with one attached hydrogen (secondary N) is 2. The number of morpholine rings is 1. The third kappa shape index (κ3) is 5.18. The van der Waals surface area contributed by atoms with Crippen molar-refractivity contribution in [2.24, 2.45) is 0 Å². The lowest BCUT2D eigenvalue weighted by Gasteiger charge is -2.48. The first-order chi connectivity index (χ1) is 13.1. The van der Waals surface area contributed by atoms with Crippen LogP contribution in [0.25, 0.3) is 0 Å². The zero-order valence-corrected chi connectivity index (χ0v) is 15.8. The maximum Gasteiger partial charge on any atom is 0.314 e. The zero-order valence-electron chi connectivity index (χ0n) is 15.8. The van der Waals surface area contributed by atoms with Crippen LogP contribution in [0.3, 0.4) is 0 Å². The van der Waals surface area contributed by atoms with Gasteiger partial charge in [0.1, 0.15) is 5.82 Å². The Bertz CT molecular complexity index is 616. The predicted molar refractivity (Wildman–Crippen MR) is 101 cm³/mol. The fraction of sp³-hybridized carbons (Fsp3) is 0.650.